The Labute approximate surface area is 162 Å². The van der Waals surface area contributed by atoms with Crippen LogP contribution in [0.5, 0.6) is 5.75 Å². The first-order valence-corrected chi connectivity index (χ1v) is 11.2. The molecule has 1 aromatic heterocycles. The van der Waals surface area contributed by atoms with Crippen molar-refractivity contribution in [2.45, 2.75) is 44.3 Å². The lowest BCUT2D eigenvalue weighted by molar-refractivity contribution is 0.303. The molecule has 5 nitrogen and oxygen atoms in total. The van der Waals surface area contributed by atoms with E-state index in [4.69, 9.17) is 9.72 Å². The van der Waals surface area contributed by atoms with Crippen molar-refractivity contribution in [2.75, 3.05) is 26.2 Å². The molecule has 0 saturated heterocycles. The number of benzene rings is 1. The van der Waals surface area contributed by atoms with Crippen LogP contribution in [0.15, 0.2) is 35.2 Å². The number of nitrogens with zero attached hydrogens (tertiary/aromatic N) is 2. The van der Waals surface area contributed by atoms with Gasteiger partial charge < -0.3 is 9.64 Å². The van der Waals surface area contributed by atoms with Crippen molar-refractivity contribution in [3.8, 4) is 5.75 Å². The van der Waals surface area contributed by atoms with Gasteiger partial charge in [0, 0.05) is 30.9 Å². The zero-order chi connectivity index (χ0) is 19.4. The van der Waals surface area contributed by atoms with Crippen LogP contribution >= 0.6 is 0 Å². The Morgan fingerprint density at radius 1 is 1.11 bits per heavy atom. The van der Waals surface area contributed by atoms with Crippen LogP contribution < -0.4 is 4.74 Å². The third-order valence-corrected chi connectivity index (χ3v) is 6.82. The van der Waals surface area contributed by atoms with Gasteiger partial charge >= 0.3 is 0 Å². The Bertz CT molecular complexity index is 892. The molecule has 0 saturated carbocycles. The molecule has 0 atom stereocenters. The van der Waals surface area contributed by atoms with E-state index in [-0.39, 0.29) is 5.75 Å². The molecule has 2 aromatic rings. The third-order valence-electron chi connectivity index (χ3n) is 5.14. The van der Waals surface area contributed by atoms with Crippen molar-refractivity contribution < 1.29 is 13.2 Å². The monoisotopic (exact) mass is 388 g/mol. The second-order valence-electron chi connectivity index (χ2n) is 6.94. The highest BCUT2D eigenvalue weighted by Gasteiger charge is 2.20. The number of ether oxygens (including phenoxy) is 1. The number of aryl methyl sites for hydroxylation is 1. The van der Waals surface area contributed by atoms with Crippen LogP contribution in [0.2, 0.25) is 0 Å². The van der Waals surface area contributed by atoms with Gasteiger partial charge in [0.05, 0.1) is 17.3 Å². The highest BCUT2D eigenvalue weighted by atomic mass is 32.2. The molecular weight excluding hydrogens is 360 g/mol. The first-order valence-electron chi connectivity index (χ1n) is 9.59. The Balaban J connectivity index is 1.83. The molecule has 0 fully saturated rings. The molecule has 0 unspecified atom stereocenters. The first-order chi connectivity index (χ1) is 12.9. The van der Waals surface area contributed by atoms with Crippen molar-refractivity contribution in [3.63, 3.8) is 0 Å². The molecule has 27 heavy (non-hydrogen) atoms. The minimum atomic E-state index is -3.42. The zero-order valence-corrected chi connectivity index (χ0v) is 17.2. The van der Waals surface area contributed by atoms with Crippen molar-refractivity contribution >= 4 is 9.84 Å². The fourth-order valence-corrected chi connectivity index (χ4v) is 4.91. The van der Waals surface area contributed by atoms with Gasteiger partial charge in [-0.1, -0.05) is 13.0 Å². The van der Waals surface area contributed by atoms with Crippen molar-refractivity contribution in [3.05, 3.63) is 52.8 Å². The molecule has 0 N–H and O–H groups in total. The van der Waals surface area contributed by atoms with E-state index < -0.39 is 9.84 Å². The normalized spacial score (nSPS) is 15.2. The fourth-order valence-electron chi connectivity index (χ4n) is 3.49. The molecule has 6 heteroatoms. The second-order valence-corrected chi connectivity index (χ2v) is 8.93. The van der Waals surface area contributed by atoms with Crippen LogP contribution in [-0.4, -0.2) is 44.5 Å². The Morgan fingerprint density at radius 3 is 2.48 bits per heavy atom. The number of fused-ring (bicyclic) bond motifs is 1. The van der Waals surface area contributed by atoms with E-state index in [1.165, 1.54) is 5.56 Å². The SMILES string of the molecule is CCOc1ccc(S(=O)(=O)Cc2cc3c(nc2C)CCN(CC)CC3)cc1. The van der Waals surface area contributed by atoms with E-state index in [1.54, 1.807) is 24.3 Å². The van der Waals surface area contributed by atoms with Gasteiger partial charge in [-0.2, -0.15) is 0 Å². The Morgan fingerprint density at radius 2 is 1.81 bits per heavy atom. The maximum atomic E-state index is 12.9. The van der Waals surface area contributed by atoms with Gasteiger partial charge in [0.15, 0.2) is 9.84 Å². The molecule has 0 aliphatic carbocycles. The predicted molar refractivity (Wildman–Crippen MR) is 107 cm³/mol. The number of aromatic nitrogens is 1. The lowest BCUT2D eigenvalue weighted by Gasteiger charge is -2.15. The quantitative estimate of drug-likeness (QED) is 0.761. The van der Waals surface area contributed by atoms with Crippen LogP contribution in [0.4, 0.5) is 0 Å². The molecule has 146 valence electrons. The second kappa shape index (κ2) is 8.40. The van der Waals surface area contributed by atoms with E-state index in [2.05, 4.69) is 17.9 Å². The van der Waals surface area contributed by atoms with Gasteiger partial charge in [0.1, 0.15) is 5.75 Å². The molecule has 1 aliphatic rings. The summed E-state index contributed by atoms with van der Waals surface area (Å²) in [6, 6.07) is 8.70. The summed E-state index contributed by atoms with van der Waals surface area (Å²) < 4.78 is 31.2. The molecule has 1 aliphatic heterocycles. The summed E-state index contributed by atoms with van der Waals surface area (Å²) in [6.45, 7) is 9.58. The average Bonchev–Trinajstić information content (AvgIpc) is 2.84. The number of likely N-dealkylation sites (N-methyl/N-ethyl adjacent to an activating group) is 1. The van der Waals surface area contributed by atoms with Crippen LogP contribution in [0, 0.1) is 6.92 Å². The summed E-state index contributed by atoms with van der Waals surface area (Å²) in [7, 11) is -3.42. The van der Waals surface area contributed by atoms with E-state index >= 15 is 0 Å². The molecule has 0 spiro atoms. The van der Waals surface area contributed by atoms with Gasteiger partial charge in [-0.25, -0.2) is 8.42 Å². The minimum Gasteiger partial charge on any atom is -0.494 e. The summed E-state index contributed by atoms with van der Waals surface area (Å²) in [5.41, 5.74) is 3.92. The smallest absolute Gasteiger partial charge is 0.182 e. The highest BCUT2D eigenvalue weighted by Crippen LogP contribution is 2.24. The number of sulfone groups is 1. The van der Waals surface area contributed by atoms with Gasteiger partial charge in [0.2, 0.25) is 0 Å². The van der Waals surface area contributed by atoms with Gasteiger partial charge in [-0.05, 0) is 62.2 Å². The predicted octanol–water partition coefficient (Wildman–Crippen LogP) is 3.18. The number of pyridine rings is 1. The topological polar surface area (TPSA) is 59.5 Å². The van der Waals surface area contributed by atoms with E-state index in [9.17, 15) is 8.42 Å². The summed E-state index contributed by atoms with van der Waals surface area (Å²) in [5, 5.41) is 0. The van der Waals surface area contributed by atoms with E-state index in [0.717, 1.165) is 49.4 Å². The van der Waals surface area contributed by atoms with Crippen LogP contribution in [0.3, 0.4) is 0 Å². The van der Waals surface area contributed by atoms with Crippen molar-refractivity contribution in [1.29, 1.82) is 0 Å². The third kappa shape index (κ3) is 4.68. The van der Waals surface area contributed by atoms with Gasteiger partial charge in [-0.3, -0.25) is 4.98 Å². The summed E-state index contributed by atoms with van der Waals surface area (Å²) >= 11 is 0. The standard InChI is InChI=1S/C21H28N2O3S/c1-4-23-12-10-17-14-18(16(3)22-21(17)11-13-23)15-27(24,25)20-8-6-19(7-9-20)26-5-2/h6-9,14H,4-5,10-13,15H2,1-3H3. The van der Waals surface area contributed by atoms with Crippen molar-refractivity contribution in [2.24, 2.45) is 0 Å². The minimum absolute atomic E-state index is 0.0232. The largest absolute Gasteiger partial charge is 0.494 e. The molecule has 3 rings (SSSR count). The maximum absolute atomic E-state index is 12.9. The number of rotatable bonds is 6. The van der Waals surface area contributed by atoms with Crippen LogP contribution in [-0.2, 0) is 28.4 Å². The Kier molecular flexibility index (Phi) is 6.17. The molecular formula is C21H28N2O3S. The number of hydrogen-bond acceptors (Lipinski definition) is 5. The molecule has 0 radical (unpaired) electrons. The lowest BCUT2D eigenvalue weighted by atomic mass is 10.1. The number of hydrogen-bond donors (Lipinski definition) is 0. The molecule has 2 heterocycles. The van der Waals surface area contributed by atoms with E-state index in [1.807, 2.05) is 13.8 Å². The summed E-state index contributed by atoms with van der Waals surface area (Å²) in [5.74, 6) is 0.657. The van der Waals surface area contributed by atoms with Crippen LogP contribution in [0.25, 0.3) is 0 Å². The summed E-state index contributed by atoms with van der Waals surface area (Å²) in [4.78, 5) is 7.47. The van der Waals surface area contributed by atoms with Crippen LogP contribution in [0.1, 0.15) is 36.4 Å². The lowest BCUT2D eigenvalue weighted by Crippen LogP contribution is -2.25. The summed E-state index contributed by atoms with van der Waals surface area (Å²) in [6.07, 6.45) is 1.85. The van der Waals surface area contributed by atoms with E-state index in [0.29, 0.717) is 17.3 Å². The zero-order valence-electron chi connectivity index (χ0n) is 16.4. The first kappa shape index (κ1) is 19.8. The van der Waals surface area contributed by atoms with Gasteiger partial charge in [0.25, 0.3) is 0 Å². The molecule has 0 bridgehead atoms. The maximum Gasteiger partial charge on any atom is 0.182 e. The molecule has 1 aromatic carbocycles. The highest BCUT2D eigenvalue weighted by molar-refractivity contribution is 7.90. The fraction of sp³-hybridized carbons (Fsp3) is 0.476. The van der Waals surface area contributed by atoms with Gasteiger partial charge in [-0.15, -0.1) is 0 Å². The van der Waals surface area contributed by atoms with Crippen molar-refractivity contribution in [1.82, 2.24) is 9.88 Å². The molecule has 0 amide bonds. The Hall–Kier alpha value is -1.92. The average molecular weight is 389 g/mol.